The van der Waals surface area contributed by atoms with Gasteiger partial charge in [0.2, 0.25) is 11.8 Å². The van der Waals surface area contributed by atoms with E-state index in [0.717, 1.165) is 19.3 Å². The van der Waals surface area contributed by atoms with Crippen molar-refractivity contribution < 1.29 is 19.1 Å². The zero-order valence-corrected chi connectivity index (χ0v) is 15.2. The molecule has 0 radical (unpaired) electrons. The zero-order chi connectivity index (χ0) is 18.3. The van der Waals surface area contributed by atoms with Gasteiger partial charge in [-0.25, -0.2) is 9.69 Å². The van der Waals surface area contributed by atoms with Crippen molar-refractivity contribution in [1.82, 2.24) is 0 Å². The molecule has 134 valence electrons. The Morgan fingerprint density at radius 2 is 1.92 bits per heavy atom. The summed E-state index contributed by atoms with van der Waals surface area (Å²) in [6.45, 7) is 2.13. The molecule has 6 heteroatoms. The van der Waals surface area contributed by atoms with E-state index in [0.29, 0.717) is 22.2 Å². The molecule has 0 spiro atoms. The van der Waals surface area contributed by atoms with Crippen molar-refractivity contribution in [2.24, 2.45) is 17.8 Å². The Balaban J connectivity index is 1.57. The van der Waals surface area contributed by atoms with E-state index in [1.807, 2.05) is 0 Å². The van der Waals surface area contributed by atoms with Crippen LogP contribution in [0.3, 0.4) is 0 Å². The quantitative estimate of drug-likeness (QED) is 0.468. The Morgan fingerprint density at radius 1 is 1.12 bits per heavy atom. The lowest BCUT2D eigenvalue weighted by atomic mass is 9.76. The van der Waals surface area contributed by atoms with Crippen molar-refractivity contribution >= 4 is 34.8 Å². The number of esters is 1. The van der Waals surface area contributed by atoms with Crippen molar-refractivity contribution in [2.75, 3.05) is 4.90 Å². The Morgan fingerprint density at radius 3 is 2.69 bits per heavy atom. The number of amides is 2. The van der Waals surface area contributed by atoms with Crippen LogP contribution in [-0.2, 0) is 9.59 Å². The van der Waals surface area contributed by atoms with Gasteiger partial charge in [0.25, 0.3) is 0 Å². The molecule has 3 unspecified atom stereocenters. The third-order valence-electron chi connectivity index (χ3n) is 5.20. The molecule has 1 saturated carbocycles. The topological polar surface area (TPSA) is 63.7 Å². The van der Waals surface area contributed by atoms with E-state index in [-0.39, 0.29) is 23.7 Å². The number of rotatable bonds is 3. The molecular weight excluding hydrogens is 350 g/mol. The summed E-state index contributed by atoms with van der Waals surface area (Å²) in [6, 6.07) is 10.1. The maximum Gasteiger partial charge on any atom is 0.353 e. The minimum Gasteiger partial charge on any atom is -0.422 e. The molecule has 1 saturated heterocycles. The molecule has 2 aromatic rings. The first kappa shape index (κ1) is 17.0. The Hall–Kier alpha value is -2.47. The van der Waals surface area contributed by atoms with Crippen molar-refractivity contribution in [1.29, 1.82) is 0 Å². The van der Waals surface area contributed by atoms with Crippen LogP contribution in [0.25, 0.3) is 0 Å². The molecule has 1 aromatic carbocycles. The van der Waals surface area contributed by atoms with Gasteiger partial charge in [0.1, 0.15) is 10.6 Å². The second kappa shape index (κ2) is 6.68. The van der Waals surface area contributed by atoms with E-state index in [9.17, 15) is 14.4 Å². The number of fused-ring (bicyclic) bond motifs is 1. The normalized spacial score (nSPS) is 25.3. The molecule has 1 aliphatic heterocycles. The number of nitrogens with zero attached hydrogens (tertiary/aromatic N) is 1. The molecule has 4 rings (SSSR count). The first-order valence-corrected chi connectivity index (χ1v) is 9.66. The van der Waals surface area contributed by atoms with Gasteiger partial charge in [-0.1, -0.05) is 19.1 Å². The molecule has 0 bridgehead atoms. The highest BCUT2D eigenvalue weighted by molar-refractivity contribution is 7.12. The summed E-state index contributed by atoms with van der Waals surface area (Å²) in [4.78, 5) is 39.5. The van der Waals surface area contributed by atoms with Gasteiger partial charge in [0.15, 0.2) is 0 Å². The van der Waals surface area contributed by atoms with Gasteiger partial charge >= 0.3 is 5.97 Å². The summed E-state index contributed by atoms with van der Waals surface area (Å²) in [7, 11) is 0. The van der Waals surface area contributed by atoms with Crippen LogP contribution in [0.4, 0.5) is 5.69 Å². The first-order chi connectivity index (χ1) is 12.5. The lowest BCUT2D eigenvalue weighted by molar-refractivity contribution is -0.122. The van der Waals surface area contributed by atoms with E-state index in [1.54, 1.807) is 41.8 Å². The number of carbonyl (C=O) groups is 3. The number of imide groups is 1. The first-order valence-electron chi connectivity index (χ1n) is 8.78. The van der Waals surface area contributed by atoms with E-state index < -0.39 is 5.97 Å². The Bertz CT molecular complexity index is 860. The number of carbonyl (C=O) groups excluding carboxylic acids is 3. The van der Waals surface area contributed by atoms with Crippen LogP contribution in [-0.4, -0.2) is 17.8 Å². The van der Waals surface area contributed by atoms with Gasteiger partial charge in [-0.15, -0.1) is 11.3 Å². The summed E-state index contributed by atoms with van der Waals surface area (Å²) >= 11 is 1.30. The monoisotopic (exact) mass is 369 g/mol. The smallest absolute Gasteiger partial charge is 0.353 e. The maximum absolute atomic E-state index is 12.8. The van der Waals surface area contributed by atoms with Gasteiger partial charge in [-0.3, -0.25) is 9.59 Å². The third kappa shape index (κ3) is 2.94. The highest BCUT2D eigenvalue weighted by atomic mass is 32.1. The van der Waals surface area contributed by atoms with Crippen LogP contribution in [0.1, 0.15) is 35.9 Å². The second-order valence-electron chi connectivity index (χ2n) is 7.01. The van der Waals surface area contributed by atoms with Gasteiger partial charge in [0.05, 0.1) is 17.5 Å². The van der Waals surface area contributed by atoms with Crippen LogP contribution >= 0.6 is 11.3 Å². The SMILES string of the molecule is CC1CCC2C(=O)N(c3cccc(OC(=O)c4cccs4)c3)C(=O)C2C1. The van der Waals surface area contributed by atoms with Crippen molar-refractivity contribution in [3.63, 3.8) is 0 Å². The van der Waals surface area contributed by atoms with Gasteiger partial charge < -0.3 is 4.74 Å². The van der Waals surface area contributed by atoms with Crippen LogP contribution in [0.15, 0.2) is 41.8 Å². The van der Waals surface area contributed by atoms with Gasteiger partial charge in [-0.05, 0) is 48.8 Å². The molecule has 0 N–H and O–H groups in total. The number of hydrogen-bond acceptors (Lipinski definition) is 5. The largest absolute Gasteiger partial charge is 0.422 e. The molecule has 1 aromatic heterocycles. The van der Waals surface area contributed by atoms with Crippen molar-refractivity contribution in [2.45, 2.75) is 26.2 Å². The standard InChI is InChI=1S/C20H19NO4S/c1-12-7-8-15-16(10-12)19(23)21(18(15)22)13-4-2-5-14(11-13)25-20(24)17-6-3-9-26-17/h2-6,9,11-12,15-16H,7-8,10H2,1H3. The van der Waals surface area contributed by atoms with E-state index in [2.05, 4.69) is 6.92 Å². The summed E-state index contributed by atoms with van der Waals surface area (Å²) < 4.78 is 5.39. The lowest BCUT2D eigenvalue weighted by Gasteiger charge is -2.25. The van der Waals surface area contributed by atoms with Crippen molar-refractivity contribution in [3.05, 3.63) is 46.7 Å². The number of benzene rings is 1. The molecule has 2 aliphatic rings. The summed E-state index contributed by atoms with van der Waals surface area (Å²) in [5.74, 6) is -0.351. The lowest BCUT2D eigenvalue weighted by Crippen LogP contribution is -2.30. The molecule has 2 heterocycles. The Labute approximate surface area is 155 Å². The molecule has 5 nitrogen and oxygen atoms in total. The zero-order valence-electron chi connectivity index (χ0n) is 14.4. The summed E-state index contributed by atoms with van der Waals surface area (Å²) in [6.07, 6.45) is 2.51. The third-order valence-corrected chi connectivity index (χ3v) is 6.05. The number of ether oxygens (including phenoxy) is 1. The van der Waals surface area contributed by atoms with Crippen LogP contribution in [0.5, 0.6) is 5.75 Å². The minimum absolute atomic E-state index is 0.131. The average molecular weight is 369 g/mol. The van der Waals surface area contributed by atoms with E-state index in [4.69, 9.17) is 4.74 Å². The highest BCUT2D eigenvalue weighted by Gasteiger charge is 2.50. The van der Waals surface area contributed by atoms with Crippen LogP contribution < -0.4 is 9.64 Å². The fourth-order valence-electron chi connectivity index (χ4n) is 3.88. The predicted octanol–water partition coefficient (Wildman–Crippen LogP) is 3.89. The molecule has 1 aliphatic carbocycles. The second-order valence-corrected chi connectivity index (χ2v) is 7.95. The number of thiophene rings is 1. The molecule has 2 fully saturated rings. The maximum atomic E-state index is 12.8. The van der Waals surface area contributed by atoms with Gasteiger partial charge in [0, 0.05) is 6.07 Å². The summed E-state index contributed by atoms with van der Waals surface area (Å²) in [5, 5.41) is 1.80. The predicted molar refractivity (Wildman–Crippen MR) is 98.2 cm³/mol. The molecular formula is C20H19NO4S. The minimum atomic E-state index is -0.446. The van der Waals surface area contributed by atoms with Crippen molar-refractivity contribution in [3.8, 4) is 5.75 Å². The average Bonchev–Trinajstić information content (AvgIpc) is 3.23. The number of hydrogen-bond donors (Lipinski definition) is 0. The fraction of sp³-hybridized carbons (Fsp3) is 0.350. The van der Waals surface area contributed by atoms with E-state index >= 15 is 0 Å². The van der Waals surface area contributed by atoms with Gasteiger partial charge in [-0.2, -0.15) is 0 Å². The molecule has 26 heavy (non-hydrogen) atoms. The molecule has 3 atom stereocenters. The van der Waals surface area contributed by atoms with Crippen LogP contribution in [0, 0.1) is 17.8 Å². The summed E-state index contributed by atoms with van der Waals surface area (Å²) in [5.41, 5.74) is 0.471. The fourth-order valence-corrected chi connectivity index (χ4v) is 4.48. The number of anilines is 1. The Kier molecular flexibility index (Phi) is 4.36. The van der Waals surface area contributed by atoms with Crippen LogP contribution in [0.2, 0.25) is 0 Å². The van der Waals surface area contributed by atoms with E-state index in [1.165, 1.54) is 16.2 Å². The molecule has 2 amide bonds. The highest BCUT2D eigenvalue weighted by Crippen LogP contribution is 2.42.